The molecule has 0 spiro atoms. The largest absolute Gasteiger partial charge is 0.353 e. The molecule has 1 amide bonds. The van der Waals surface area contributed by atoms with Gasteiger partial charge in [-0.1, -0.05) is 25.1 Å². The summed E-state index contributed by atoms with van der Waals surface area (Å²) < 4.78 is 1.62. The molecule has 0 bridgehead atoms. The van der Waals surface area contributed by atoms with E-state index in [2.05, 4.69) is 22.3 Å². The number of hydrogen-bond donors (Lipinski definition) is 3. The standard InChI is InChI=1S/C13H19N5O2S/c1-3-4-5-18-12(20)11-9(6-8(2)15-11)16-13(18)21-7-10(19)17-14/h6,15H,3-5,7,14H2,1-2H3,(H,17,19). The van der Waals surface area contributed by atoms with E-state index in [-0.39, 0.29) is 17.2 Å². The van der Waals surface area contributed by atoms with Crippen LogP contribution in [0.3, 0.4) is 0 Å². The van der Waals surface area contributed by atoms with Crippen LogP contribution in [0.5, 0.6) is 0 Å². The van der Waals surface area contributed by atoms with Crippen LogP contribution in [0, 0.1) is 6.92 Å². The summed E-state index contributed by atoms with van der Waals surface area (Å²) in [5.41, 5.74) is 4.00. The predicted octanol–water partition coefficient (Wildman–Crippen LogP) is 0.915. The van der Waals surface area contributed by atoms with Crippen molar-refractivity contribution in [1.29, 1.82) is 0 Å². The maximum atomic E-state index is 12.5. The van der Waals surface area contributed by atoms with Crippen molar-refractivity contribution in [2.24, 2.45) is 5.84 Å². The Morgan fingerprint density at radius 1 is 1.57 bits per heavy atom. The molecule has 2 rings (SSSR count). The summed E-state index contributed by atoms with van der Waals surface area (Å²) in [5.74, 6) is 4.90. The van der Waals surface area contributed by atoms with E-state index < -0.39 is 0 Å². The molecule has 0 saturated carbocycles. The van der Waals surface area contributed by atoms with Crippen LogP contribution in [-0.4, -0.2) is 26.2 Å². The zero-order valence-corrected chi connectivity index (χ0v) is 12.9. The summed E-state index contributed by atoms with van der Waals surface area (Å²) in [6.45, 7) is 4.53. The number of rotatable bonds is 6. The second-order valence-corrected chi connectivity index (χ2v) is 5.72. The van der Waals surface area contributed by atoms with Gasteiger partial charge in [0.05, 0.1) is 11.3 Å². The normalized spacial score (nSPS) is 11.0. The number of H-pyrrole nitrogens is 1. The molecule has 2 aromatic heterocycles. The first-order valence-corrected chi connectivity index (χ1v) is 7.77. The lowest BCUT2D eigenvalue weighted by atomic mass is 10.3. The maximum Gasteiger partial charge on any atom is 0.278 e. The first-order valence-electron chi connectivity index (χ1n) is 6.79. The van der Waals surface area contributed by atoms with E-state index in [0.29, 0.717) is 22.7 Å². The Hall–Kier alpha value is -1.80. The Morgan fingerprint density at radius 2 is 2.33 bits per heavy atom. The minimum atomic E-state index is -0.304. The number of hydrazine groups is 1. The van der Waals surface area contributed by atoms with Crippen molar-refractivity contribution in [2.45, 2.75) is 38.4 Å². The van der Waals surface area contributed by atoms with Gasteiger partial charge >= 0.3 is 0 Å². The molecular formula is C13H19N5O2S. The summed E-state index contributed by atoms with van der Waals surface area (Å²) in [7, 11) is 0. The number of amides is 1. The van der Waals surface area contributed by atoms with Crippen LogP contribution in [0.15, 0.2) is 16.0 Å². The highest BCUT2D eigenvalue weighted by Crippen LogP contribution is 2.18. The number of aromatic amines is 1. The summed E-state index contributed by atoms with van der Waals surface area (Å²) in [4.78, 5) is 31.4. The smallest absolute Gasteiger partial charge is 0.278 e. The molecule has 0 radical (unpaired) electrons. The molecule has 0 aliphatic rings. The molecule has 2 heterocycles. The topological polar surface area (TPSA) is 106 Å². The predicted molar refractivity (Wildman–Crippen MR) is 83.1 cm³/mol. The van der Waals surface area contributed by atoms with Crippen LogP contribution in [0.25, 0.3) is 11.0 Å². The molecular weight excluding hydrogens is 290 g/mol. The lowest BCUT2D eigenvalue weighted by molar-refractivity contribution is -0.118. The average Bonchev–Trinajstić information content (AvgIpc) is 2.84. The molecule has 2 aromatic rings. The van der Waals surface area contributed by atoms with Gasteiger partial charge in [0.15, 0.2) is 5.16 Å². The van der Waals surface area contributed by atoms with Crippen LogP contribution in [-0.2, 0) is 11.3 Å². The quantitative estimate of drug-likeness (QED) is 0.242. The number of nitrogens with two attached hydrogens (primary N) is 1. The van der Waals surface area contributed by atoms with Gasteiger partial charge in [-0.2, -0.15) is 0 Å². The molecule has 0 fully saturated rings. The van der Waals surface area contributed by atoms with Crippen LogP contribution in [0.2, 0.25) is 0 Å². The van der Waals surface area contributed by atoms with Gasteiger partial charge in [-0.15, -0.1) is 0 Å². The highest BCUT2D eigenvalue weighted by Gasteiger charge is 2.14. The highest BCUT2D eigenvalue weighted by atomic mass is 32.2. The monoisotopic (exact) mass is 309 g/mol. The number of hydrogen-bond acceptors (Lipinski definition) is 5. The van der Waals surface area contributed by atoms with Crippen LogP contribution in [0.4, 0.5) is 0 Å². The molecule has 0 unspecified atom stereocenters. The molecule has 8 heteroatoms. The molecule has 21 heavy (non-hydrogen) atoms. The third-order valence-corrected chi connectivity index (χ3v) is 4.04. The second kappa shape index (κ2) is 6.77. The Bertz CT molecular complexity index is 706. The van der Waals surface area contributed by atoms with E-state index in [1.54, 1.807) is 4.57 Å². The number of thioether (sulfide) groups is 1. The lowest BCUT2D eigenvalue weighted by Gasteiger charge is -2.11. The van der Waals surface area contributed by atoms with Crippen LogP contribution in [0.1, 0.15) is 25.5 Å². The highest BCUT2D eigenvalue weighted by molar-refractivity contribution is 7.99. The van der Waals surface area contributed by atoms with E-state index in [1.807, 2.05) is 13.0 Å². The van der Waals surface area contributed by atoms with Crippen LogP contribution < -0.4 is 16.8 Å². The zero-order chi connectivity index (χ0) is 15.4. The maximum absolute atomic E-state index is 12.5. The number of nitrogens with one attached hydrogen (secondary N) is 2. The van der Waals surface area contributed by atoms with Gasteiger partial charge in [-0.25, -0.2) is 10.8 Å². The van der Waals surface area contributed by atoms with E-state index >= 15 is 0 Å². The van der Waals surface area contributed by atoms with Gasteiger partial charge in [0.25, 0.3) is 5.56 Å². The first kappa shape index (κ1) is 15.6. The number of fused-ring (bicyclic) bond motifs is 1. The summed E-state index contributed by atoms with van der Waals surface area (Å²) in [6.07, 6.45) is 1.85. The summed E-state index contributed by atoms with van der Waals surface area (Å²) >= 11 is 1.21. The van der Waals surface area contributed by atoms with Gasteiger partial charge in [0.2, 0.25) is 5.91 Å². The Balaban J connectivity index is 2.44. The fourth-order valence-electron chi connectivity index (χ4n) is 2.01. The number of unbranched alkanes of at least 4 members (excludes halogenated alkanes) is 1. The molecule has 0 aliphatic carbocycles. The van der Waals surface area contributed by atoms with Crippen LogP contribution >= 0.6 is 11.8 Å². The van der Waals surface area contributed by atoms with Crippen molar-refractivity contribution in [3.63, 3.8) is 0 Å². The number of aryl methyl sites for hydroxylation is 1. The summed E-state index contributed by atoms with van der Waals surface area (Å²) in [5, 5.41) is 0.545. The SMILES string of the molecule is CCCCn1c(SCC(=O)NN)nc2cc(C)[nH]c2c1=O. The molecule has 114 valence electrons. The number of carbonyl (C=O) groups excluding carboxylic acids is 1. The fourth-order valence-corrected chi connectivity index (χ4v) is 2.84. The van der Waals surface area contributed by atoms with Crippen molar-refractivity contribution >= 4 is 28.7 Å². The Kier molecular flexibility index (Phi) is 5.03. The van der Waals surface area contributed by atoms with Gasteiger partial charge in [0.1, 0.15) is 5.52 Å². The van der Waals surface area contributed by atoms with Crippen molar-refractivity contribution in [3.8, 4) is 0 Å². The minimum Gasteiger partial charge on any atom is -0.353 e. The zero-order valence-electron chi connectivity index (χ0n) is 12.1. The molecule has 0 aromatic carbocycles. The third kappa shape index (κ3) is 3.45. The number of nitrogens with zero attached hydrogens (tertiary/aromatic N) is 2. The Labute approximate surface area is 126 Å². The van der Waals surface area contributed by atoms with Gasteiger partial charge in [-0.3, -0.25) is 19.6 Å². The first-order chi connectivity index (χ1) is 10.1. The average molecular weight is 309 g/mol. The van der Waals surface area contributed by atoms with Crippen molar-refractivity contribution < 1.29 is 4.79 Å². The van der Waals surface area contributed by atoms with E-state index in [4.69, 9.17) is 5.84 Å². The molecule has 0 saturated heterocycles. The molecule has 0 atom stereocenters. The third-order valence-electron chi connectivity index (χ3n) is 3.07. The molecule has 0 aliphatic heterocycles. The van der Waals surface area contributed by atoms with Gasteiger partial charge < -0.3 is 4.98 Å². The van der Waals surface area contributed by atoms with Crippen molar-refractivity contribution in [3.05, 3.63) is 22.1 Å². The fraction of sp³-hybridized carbons (Fsp3) is 0.462. The van der Waals surface area contributed by atoms with E-state index in [0.717, 1.165) is 18.5 Å². The molecule has 4 N–H and O–H groups in total. The summed E-state index contributed by atoms with van der Waals surface area (Å²) in [6, 6.07) is 1.83. The lowest BCUT2D eigenvalue weighted by Crippen LogP contribution is -2.32. The Morgan fingerprint density at radius 3 is 3.00 bits per heavy atom. The molecule has 7 nitrogen and oxygen atoms in total. The minimum absolute atomic E-state index is 0.0998. The number of aromatic nitrogens is 3. The van der Waals surface area contributed by atoms with E-state index in [1.165, 1.54) is 11.8 Å². The van der Waals surface area contributed by atoms with E-state index in [9.17, 15) is 9.59 Å². The second-order valence-electron chi connectivity index (χ2n) is 4.77. The van der Waals surface area contributed by atoms with Gasteiger partial charge in [0, 0.05) is 12.2 Å². The van der Waals surface area contributed by atoms with Crippen molar-refractivity contribution in [1.82, 2.24) is 20.0 Å². The van der Waals surface area contributed by atoms with Gasteiger partial charge in [-0.05, 0) is 19.4 Å². The van der Waals surface area contributed by atoms with Crippen molar-refractivity contribution in [2.75, 3.05) is 5.75 Å². The number of carbonyl (C=O) groups is 1.